The molecule has 3 aromatic rings. The van der Waals surface area contributed by atoms with E-state index in [4.69, 9.17) is 4.42 Å². The standard InChI is InChI=1S/C13H12N6O2S/c20-11(18-19-8-14-15-9-19)7-22-13-17-16-12(21-13)6-10-4-2-1-3-5-10/h1-5,8-9H,6-7H2,(H,18,20). The number of hydrogen-bond acceptors (Lipinski definition) is 7. The summed E-state index contributed by atoms with van der Waals surface area (Å²) in [5.41, 5.74) is 3.67. The minimum absolute atomic E-state index is 0.158. The van der Waals surface area contributed by atoms with Crippen molar-refractivity contribution in [2.45, 2.75) is 11.6 Å². The fraction of sp³-hybridized carbons (Fsp3) is 0.154. The molecule has 1 aromatic carbocycles. The van der Waals surface area contributed by atoms with Crippen LogP contribution in [0.4, 0.5) is 0 Å². The van der Waals surface area contributed by atoms with E-state index in [9.17, 15) is 4.79 Å². The quantitative estimate of drug-likeness (QED) is 0.680. The topological polar surface area (TPSA) is 98.7 Å². The van der Waals surface area contributed by atoms with E-state index in [1.54, 1.807) is 0 Å². The zero-order valence-electron chi connectivity index (χ0n) is 11.4. The molecule has 8 nitrogen and oxygen atoms in total. The highest BCUT2D eigenvalue weighted by Gasteiger charge is 2.10. The second kappa shape index (κ2) is 6.85. The Kier molecular flexibility index (Phi) is 4.44. The van der Waals surface area contributed by atoms with Crippen molar-refractivity contribution >= 4 is 17.7 Å². The van der Waals surface area contributed by atoms with Gasteiger partial charge in [-0.15, -0.1) is 20.4 Å². The van der Waals surface area contributed by atoms with E-state index < -0.39 is 0 Å². The summed E-state index contributed by atoms with van der Waals surface area (Å²) in [6.45, 7) is 0. The van der Waals surface area contributed by atoms with Crippen LogP contribution >= 0.6 is 11.8 Å². The number of thioether (sulfide) groups is 1. The highest BCUT2D eigenvalue weighted by molar-refractivity contribution is 7.99. The van der Waals surface area contributed by atoms with Gasteiger partial charge in [0.1, 0.15) is 12.7 Å². The van der Waals surface area contributed by atoms with Gasteiger partial charge in [-0.1, -0.05) is 42.1 Å². The zero-order chi connectivity index (χ0) is 15.2. The largest absolute Gasteiger partial charge is 0.416 e. The van der Waals surface area contributed by atoms with Crippen molar-refractivity contribution in [3.63, 3.8) is 0 Å². The Hall–Kier alpha value is -2.68. The third kappa shape index (κ3) is 3.92. The second-order valence-electron chi connectivity index (χ2n) is 4.32. The Labute approximate surface area is 129 Å². The summed E-state index contributed by atoms with van der Waals surface area (Å²) >= 11 is 1.18. The smallest absolute Gasteiger partial charge is 0.277 e. The summed E-state index contributed by atoms with van der Waals surface area (Å²) in [7, 11) is 0. The van der Waals surface area contributed by atoms with Crippen molar-refractivity contribution in [3.05, 3.63) is 54.4 Å². The number of nitrogens with zero attached hydrogens (tertiary/aromatic N) is 5. The van der Waals surface area contributed by atoms with Gasteiger partial charge in [-0.2, -0.15) is 0 Å². The lowest BCUT2D eigenvalue weighted by Gasteiger charge is -2.01. The normalized spacial score (nSPS) is 10.5. The maximum atomic E-state index is 11.7. The van der Waals surface area contributed by atoms with Crippen LogP contribution in [0.3, 0.4) is 0 Å². The first kappa shape index (κ1) is 14.3. The Balaban J connectivity index is 1.50. The van der Waals surface area contributed by atoms with Crippen molar-refractivity contribution in [2.24, 2.45) is 0 Å². The molecule has 3 rings (SSSR count). The van der Waals surface area contributed by atoms with E-state index in [1.807, 2.05) is 30.3 Å². The number of rotatable bonds is 6. The molecular formula is C13H12N6O2S. The highest BCUT2D eigenvalue weighted by Crippen LogP contribution is 2.17. The summed E-state index contributed by atoms with van der Waals surface area (Å²) in [5.74, 6) is 0.464. The molecule has 2 heterocycles. The van der Waals surface area contributed by atoms with Gasteiger partial charge < -0.3 is 4.42 Å². The van der Waals surface area contributed by atoms with E-state index in [1.165, 1.54) is 29.1 Å². The SMILES string of the molecule is O=C(CSc1nnc(Cc2ccccc2)o1)Nn1cnnc1. The van der Waals surface area contributed by atoms with Crippen LogP contribution in [-0.4, -0.2) is 36.7 Å². The molecule has 1 N–H and O–H groups in total. The number of carbonyl (C=O) groups excluding carboxylic acids is 1. The lowest BCUT2D eigenvalue weighted by atomic mass is 10.2. The molecular weight excluding hydrogens is 304 g/mol. The first-order valence-corrected chi connectivity index (χ1v) is 7.42. The molecule has 22 heavy (non-hydrogen) atoms. The summed E-state index contributed by atoms with van der Waals surface area (Å²) in [4.78, 5) is 11.7. The molecule has 0 saturated heterocycles. The number of aromatic nitrogens is 5. The molecule has 2 aromatic heterocycles. The van der Waals surface area contributed by atoms with Gasteiger partial charge in [0.25, 0.3) is 5.22 Å². The van der Waals surface area contributed by atoms with Crippen molar-refractivity contribution in [2.75, 3.05) is 11.2 Å². The molecule has 9 heteroatoms. The molecule has 0 aliphatic rings. The van der Waals surface area contributed by atoms with Gasteiger partial charge in [-0.25, -0.2) is 4.68 Å². The van der Waals surface area contributed by atoms with Crippen LogP contribution in [0.1, 0.15) is 11.5 Å². The minimum Gasteiger partial charge on any atom is -0.416 e. The average molecular weight is 316 g/mol. The first-order valence-electron chi connectivity index (χ1n) is 6.43. The maximum absolute atomic E-state index is 11.7. The lowest BCUT2D eigenvalue weighted by Crippen LogP contribution is -2.23. The zero-order valence-corrected chi connectivity index (χ0v) is 12.2. The van der Waals surface area contributed by atoms with Crippen LogP contribution in [-0.2, 0) is 11.2 Å². The van der Waals surface area contributed by atoms with Crippen molar-refractivity contribution in [1.29, 1.82) is 0 Å². The van der Waals surface area contributed by atoms with E-state index in [0.29, 0.717) is 17.5 Å². The number of benzene rings is 1. The average Bonchev–Trinajstić information content (AvgIpc) is 3.18. The Morgan fingerprint density at radius 3 is 2.73 bits per heavy atom. The van der Waals surface area contributed by atoms with Crippen molar-refractivity contribution < 1.29 is 9.21 Å². The second-order valence-corrected chi connectivity index (χ2v) is 5.24. The lowest BCUT2D eigenvalue weighted by molar-refractivity contribution is -0.114. The Morgan fingerprint density at radius 2 is 1.95 bits per heavy atom. The highest BCUT2D eigenvalue weighted by atomic mass is 32.2. The molecule has 0 radical (unpaired) electrons. The predicted octanol–water partition coefficient (Wildman–Crippen LogP) is 1.11. The van der Waals surface area contributed by atoms with Gasteiger partial charge in [-0.05, 0) is 5.56 Å². The number of carbonyl (C=O) groups is 1. The molecule has 0 saturated carbocycles. The Morgan fingerprint density at radius 1 is 1.18 bits per heavy atom. The monoisotopic (exact) mass is 316 g/mol. The van der Waals surface area contributed by atoms with Crippen LogP contribution in [0.2, 0.25) is 0 Å². The van der Waals surface area contributed by atoms with Gasteiger partial charge >= 0.3 is 0 Å². The van der Waals surface area contributed by atoms with Gasteiger partial charge in [0.2, 0.25) is 11.8 Å². The van der Waals surface area contributed by atoms with Gasteiger partial charge in [0.15, 0.2) is 0 Å². The van der Waals surface area contributed by atoms with Crippen LogP contribution in [0.15, 0.2) is 52.6 Å². The van der Waals surface area contributed by atoms with Crippen molar-refractivity contribution in [3.8, 4) is 0 Å². The summed E-state index contributed by atoms with van der Waals surface area (Å²) in [6, 6.07) is 9.84. The number of nitrogens with one attached hydrogen (secondary N) is 1. The molecule has 1 amide bonds. The van der Waals surface area contributed by atoms with E-state index >= 15 is 0 Å². The summed E-state index contributed by atoms with van der Waals surface area (Å²) < 4.78 is 6.87. The van der Waals surface area contributed by atoms with E-state index in [0.717, 1.165) is 5.56 Å². The molecule has 112 valence electrons. The Bertz CT molecular complexity index is 728. The third-order valence-corrected chi connectivity index (χ3v) is 3.46. The molecule has 0 fully saturated rings. The molecule has 0 bridgehead atoms. The van der Waals surface area contributed by atoms with Crippen molar-refractivity contribution in [1.82, 2.24) is 25.1 Å². The van der Waals surface area contributed by atoms with E-state index in [-0.39, 0.29) is 11.7 Å². The third-order valence-electron chi connectivity index (χ3n) is 2.65. The van der Waals surface area contributed by atoms with Crippen LogP contribution in [0.25, 0.3) is 0 Å². The minimum atomic E-state index is -0.215. The van der Waals surface area contributed by atoms with Crippen LogP contribution in [0, 0.1) is 0 Å². The molecule has 0 atom stereocenters. The molecule has 0 spiro atoms. The summed E-state index contributed by atoms with van der Waals surface area (Å²) in [5, 5.41) is 15.4. The maximum Gasteiger partial charge on any atom is 0.277 e. The van der Waals surface area contributed by atoms with Crippen LogP contribution in [0.5, 0.6) is 0 Å². The first-order chi connectivity index (χ1) is 10.8. The number of amides is 1. The summed E-state index contributed by atoms with van der Waals surface area (Å²) in [6.07, 6.45) is 3.36. The van der Waals surface area contributed by atoms with Gasteiger partial charge in [0.05, 0.1) is 12.2 Å². The molecule has 0 aliphatic heterocycles. The number of hydrogen-bond donors (Lipinski definition) is 1. The molecule has 0 unspecified atom stereocenters. The van der Waals surface area contributed by atoms with E-state index in [2.05, 4.69) is 25.8 Å². The fourth-order valence-electron chi connectivity index (χ4n) is 1.70. The molecule has 0 aliphatic carbocycles. The van der Waals surface area contributed by atoms with Gasteiger partial charge in [-0.3, -0.25) is 10.2 Å². The van der Waals surface area contributed by atoms with Crippen LogP contribution < -0.4 is 5.43 Å². The van der Waals surface area contributed by atoms with Gasteiger partial charge in [0, 0.05) is 0 Å². The fourth-order valence-corrected chi connectivity index (χ4v) is 2.27. The predicted molar refractivity (Wildman–Crippen MR) is 78.7 cm³/mol.